The van der Waals surface area contributed by atoms with E-state index in [0.29, 0.717) is 18.1 Å². The lowest BCUT2D eigenvalue weighted by Crippen LogP contribution is -2.05. The Morgan fingerprint density at radius 1 is 1.45 bits per heavy atom. The second-order valence-corrected chi connectivity index (χ2v) is 5.81. The molecule has 0 N–H and O–H groups in total. The summed E-state index contributed by atoms with van der Waals surface area (Å²) in [6, 6.07) is 4.12. The molecule has 0 aromatic carbocycles. The fourth-order valence-corrected chi connectivity index (χ4v) is 3.21. The van der Waals surface area contributed by atoms with Crippen molar-refractivity contribution in [2.75, 3.05) is 6.61 Å². The number of nitriles is 1. The second kappa shape index (κ2) is 5.59. The molecule has 3 rings (SSSR count). The van der Waals surface area contributed by atoms with E-state index < -0.39 is 0 Å². The van der Waals surface area contributed by atoms with Crippen LogP contribution < -0.4 is 4.74 Å². The fourth-order valence-electron chi connectivity index (χ4n) is 2.45. The van der Waals surface area contributed by atoms with E-state index in [1.807, 2.05) is 18.5 Å². The van der Waals surface area contributed by atoms with Gasteiger partial charge >= 0.3 is 0 Å². The number of pyridine rings is 1. The van der Waals surface area contributed by atoms with E-state index in [9.17, 15) is 5.26 Å². The fraction of sp³-hybridized carbons (Fsp3) is 0.400. The number of hydrogen-bond acceptors (Lipinski definition) is 5. The average molecular weight is 285 g/mol. The van der Waals surface area contributed by atoms with Gasteiger partial charge in [-0.1, -0.05) is 0 Å². The van der Waals surface area contributed by atoms with Crippen LogP contribution in [0.25, 0.3) is 0 Å². The number of rotatable bonds is 4. The third-order valence-corrected chi connectivity index (χ3v) is 4.54. The van der Waals surface area contributed by atoms with E-state index >= 15 is 0 Å². The van der Waals surface area contributed by atoms with Crippen LogP contribution in [0.15, 0.2) is 11.6 Å². The van der Waals surface area contributed by atoms with Gasteiger partial charge in [-0.05, 0) is 37.8 Å². The molecule has 4 nitrogen and oxygen atoms in total. The molecule has 0 saturated heterocycles. The van der Waals surface area contributed by atoms with Gasteiger partial charge in [-0.25, -0.2) is 9.97 Å². The lowest BCUT2D eigenvalue weighted by atomic mass is 10.1. The van der Waals surface area contributed by atoms with Crippen molar-refractivity contribution < 1.29 is 4.74 Å². The van der Waals surface area contributed by atoms with E-state index in [1.165, 1.54) is 10.4 Å². The number of nitrogens with zero attached hydrogens (tertiary/aromatic N) is 3. The van der Waals surface area contributed by atoms with Crippen LogP contribution in [0.2, 0.25) is 0 Å². The molecule has 0 spiro atoms. The SMILES string of the molecule is Cc1ncsc1CCOc1nc2c(cc1C#N)CCC2. The van der Waals surface area contributed by atoms with Gasteiger partial charge in [0.2, 0.25) is 5.88 Å². The standard InChI is InChI=1S/C15H15N3OS/c1-10-14(20-9-17-10)5-6-19-15-12(8-16)7-11-3-2-4-13(11)18-15/h7,9H,2-6H2,1H3. The molecular weight excluding hydrogens is 270 g/mol. The predicted octanol–water partition coefficient (Wildman–Crippen LogP) is 2.83. The summed E-state index contributed by atoms with van der Waals surface area (Å²) in [5, 5.41) is 9.20. The zero-order chi connectivity index (χ0) is 13.9. The Hall–Kier alpha value is -1.93. The Kier molecular flexibility index (Phi) is 3.66. The number of aryl methyl sites for hydroxylation is 3. The molecular formula is C15H15N3OS. The maximum absolute atomic E-state index is 9.20. The molecule has 1 aliphatic carbocycles. The summed E-state index contributed by atoms with van der Waals surface area (Å²) >= 11 is 1.64. The predicted molar refractivity (Wildman–Crippen MR) is 77.0 cm³/mol. The van der Waals surface area contributed by atoms with Crippen molar-refractivity contribution in [2.45, 2.75) is 32.6 Å². The molecule has 0 saturated carbocycles. The molecule has 0 fully saturated rings. The zero-order valence-corrected chi connectivity index (χ0v) is 12.2. The number of hydrogen-bond donors (Lipinski definition) is 0. The van der Waals surface area contributed by atoms with Gasteiger partial charge < -0.3 is 4.74 Å². The molecule has 0 radical (unpaired) electrons. The molecule has 102 valence electrons. The molecule has 2 heterocycles. The van der Waals surface area contributed by atoms with Gasteiger partial charge in [-0.2, -0.15) is 5.26 Å². The van der Waals surface area contributed by atoms with Gasteiger partial charge in [0.25, 0.3) is 0 Å². The molecule has 0 bridgehead atoms. The molecule has 0 unspecified atom stereocenters. The van der Waals surface area contributed by atoms with E-state index in [0.717, 1.165) is 37.1 Å². The number of thiazole rings is 1. The first kappa shape index (κ1) is 13.1. The zero-order valence-electron chi connectivity index (χ0n) is 11.3. The van der Waals surface area contributed by atoms with E-state index in [-0.39, 0.29) is 0 Å². The molecule has 0 atom stereocenters. The minimum atomic E-state index is 0.482. The Morgan fingerprint density at radius 3 is 3.10 bits per heavy atom. The first-order valence-corrected chi connectivity index (χ1v) is 7.60. The Labute approximate surface area is 122 Å². The van der Waals surface area contributed by atoms with Crippen LogP contribution >= 0.6 is 11.3 Å². The summed E-state index contributed by atoms with van der Waals surface area (Å²) in [4.78, 5) is 9.95. The number of aromatic nitrogens is 2. The number of ether oxygens (including phenoxy) is 1. The van der Waals surface area contributed by atoms with Crippen molar-refractivity contribution in [1.29, 1.82) is 5.26 Å². The molecule has 5 heteroatoms. The highest BCUT2D eigenvalue weighted by molar-refractivity contribution is 7.09. The van der Waals surface area contributed by atoms with Crippen LogP contribution in [0.1, 0.15) is 33.8 Å². The monoisotopic (exact) mass is 285 g/mol. The summed E-state index contributed by atoms with van der Waals surface area (Å²) in [7, 11) is 0. The Morgan fingerprint density at radius 2 is 2.35 bits per heavy atom. The average Bonchev–Trinajstić information content (AvgIpc) is 3.06. The van der Waals surface area contributed by atoms with E-state index in [2.05, 4.69) is 16.0 Å². The van der Waals surface area contributed by atoms with Crippen LogP contribution in [0.5, 0.6) is 5.88 Å². The third kappa shape index (κ3) is 2.52. The molecule has 2 aromatic heterocycles. The minimum absolute atomic E-state index is 0.482. The van der Waals surface area contributed by atoms with Crippen LogP contribution in [-0.2, 0) is 19.3 Å². The lowest BCUT2D eigenvalue weighted by Gasteiger charge is -2.08. The molecule has 20 heavy (non-hydrogen) atoms. The highest BCUT2D eigenvalue weighted by Crippen LogP contribution is 2.26. The summed E-state index contributed by atoms with van der Waals surface area (Å²) in [5.74, 6) is 0.482. The van der Waals surface area contributed by atoms with Gasteiger partial charge in [-0.15, -0.1) is 11.3 Å². The highest BCUT2D eigenvalue weighted by Gasteiger charge is 2.17. The van der Waals surface area contributed by atoms with E-state index in [4.69, 9.17) is 4.74 Å². The second-order valence-electron chi connectivity index (χ2n) is 4.87. The van der Waals surface area contributed by atoms with Crippen LogP contribution in [-0.4, -0.2) is 16.6 Å². The topological polar surface area (TPSA) is 58.8 Å². The summed E-state index contributed by atoms with van der Waals surface area (Å²) in [6.45, 7) is 2.53. The van der Waals surface area contributed by atoms with Crippen molar-refractivity contribution in [3.8, 4) is 11.9 Å². The first-order chi connectivity index (χ1) is 9.78. The van der Waals surface area contributed by atoms with Crippen LogP contribution in [0, 0.1) is 18.3 Å². The quantitative estimate of drug-likeness (QED) is 0.866. The largest absolute Gasteiger partial charge is 0.476 e. The third-order valence-electron chi connectivity index (χ3n) is 3.55. The summed E-state index contributed by atoms with van der Waals surface area (Å²) < 4.78 is 5.73. The van der Waals surface area contributed by atoms with Gasteiger partial charge in [0.15, 0.2) is 0 Å². The van der Waals surface area contributed by atoms with E-state index in [1.54, 1.807) is 11.3 Å². The highest BCUT2D eigenvalue weighted by atomic mass is 32.1. The first-order valence-electron chi connectivity index (χ1n) is 6.72. The van der Waals surface area contributed by atoms with Gasteiger partial charge in [0.05, 0.1) is 17.8 Å². The van der Waals surface area contributed by atoms with Crippen molar-refractivity contribution in [2.24, 2.45) is 0 Å². The maximum atomic E-state index is 9.20. The summed E-state index contributed by atoms with van der Waals surface area (Å²) in [5.41, 5.74) is 5.74. The van der Waals surface area contributed by atoms with Crippen molar-refractivity contribution in [1.82, 2.24) is 9.97 Å². The maximum Gasteiger partial charge on any atom is 0.231 e. The van der Waals surface area contributed by atoms with Crippen molar-refractivity contribution in [3.05, 3.63) is 39.0 Å². The van der Waals surface area contributed by atoms with Gasteiger partial charge in [0, 0.05) is 17.0 Å². The lowest BCUT2D eigenvalue weighted by molar-refractivity contribution is 0.308. The summed E-state index contributed by atoms with van der Waals surface area (Å²) in [6.07, 6.45) is 3.94. The van der Waals surface area contributed by atoms with Crippen molar-refractivity contribution >= 4 is 11.3 Å². The minimum Gasteiger partial charge on any atom is -0.476 e. The normalized spacial score (nSPS) is 13.0. The molecule has 0 amide bonds. The molecule has 1 aliphatic rings. The van der Waals surface area contributed by atoms with Gasteiger partial charge in [0.1, 0.15) is 11.6 Å². The molecule has 2 aromatic rings. The van der Waals surface area contributed by atoms with Crippen LogP contribution in [0.3, 0.4) is 0 Å². The Bertz CT molecular complexity index is 672. The number of fused-ring (bicyclic) bond motifs is 1. The smallest absolute Gasteiger partial charge is 0.231 e. The van der Waals surface area contributed by atoms with Gasteiger partial charge in [-0.3, -0.25) is 0 Å². The van der Waals surface area contributed by atoms with Crippen LogP contribution in [0.4, 0.5) is 0 Å². The van der Waals surface area contributed by atoms with Crippen molar-refractivity contribution in [3.63, 3.8) is 0 Å². The molecule has 0 aliphatic heterocycles. The Balaban J connectivity index is 1.71.